The van der Waals surface area contributed by atoms with Gasteiger partial charge in [0.2, 0.25) is 0 Å². The lowest BCUT2D eigenvalue weighted by Crippen LogP contribution is -2.42. The molecule has 3 heteroatoms. The van der Waals surface area contributed by atoms with Gasteiger partial charge in [0.1, 0.15) is 0 Å². The van der Waals surface area contributed by atoms with Crippen LogP contribution in [0, 0.1) is 0 Å². The fraction of sp³-hybridized carbons (Fsp3) is 1.00. The molecule has 0 aromatic rings. The summed E-state index contributed by atoms with van der Waals surface area (Å²) in [5.41, 5.74) is 0.0235. The molecule has 0 atom stereocenters. The van der Waals surface area contributed by atoms with Crippen molar-refractivity contribution in [3.8, 4) is 0 Å². The smallest absolute Gasteiger partial charge is 0.0591 e. The van der Waals surface area contributed by atoms with E-state index in [9.17, 15) is 0 Å². The zero-order valence-corrected chi connectivity index (χ0v) is 9.78. The van der Waals surface area contributed by atoms with Crippen LogP contribution in [-0.4, -0.2) is 31.2 Å². The van der Waals surface area contributed by atoms with Crippen molar-refractivity contribution in [1.29, 1.82) is 0 Å². The summed E-state index contributed by atoms with van der Waals surface area (Å²) < 4.78 is 5.41. The van der Waals surface area contributed by atoms with Gasteiger partial charge in [0.05, 0.1) is 6.61 Å². The van der Waals surface area contributed by atoms with Gasteiger partial charge >= 0.3 is 0 Å². The topological polar surface area (TPSA) is 21.3 Å². The summed E-state index contributed by atoms with van der Waals surface area (Å²) in [5, 5.41) is 3.33. The summed E-state index contributed by atoms with van der Waals surface area (Å²) in [6, 6.07) is 0. The Morgan fingerprint density at radius 3 is 2.54 bits per heavy atom. The molecule has 0 aliphatic heterocycles. The van der Waals surface area contributed by atoms with E-state index in [-0.39, 0.29) is 5.54 Å². The van der Waals surface area contributed by atoms with E-state index in [1.54, 1.807) is 0 Å². The first-order valence-electron chi connectivity index (χ1n) is 5.01. The maximum absolute atomic E-state index is 5.75. The summed E-state index contributed by atoms with van der Waals surface area (Å²) in [4.78, 5) is 0. The van der Waals surface area contributed by atoms with Crippen molar-refractivity contribution < 1.29 is 4.74 Å². The summed E-state index contributed by atoms with van der Waals surface area (Å²) in [7, 11) is 0. The van der Waals surface area contributed by atoms with Crippen LogP contribution in [0.15, 0.2) is 0 Å². The van der Waals surface area contributed by atoms with E-state index in [1.165, 1.54) is 6.42 Å². The van der Waals surface area contributed by atoms with Gasteiger partial charge in [-0.1, -0.05) is 13.3 Å². The Morgan fingerprint density at radius 2 is 2.00 bits per heavy atom. The third kappa shape index (κ3) is 8.54. The van der Waals surface area contributed by atoms with Gasteiger partial charge in [0.15, 0.2) is 0 Å². The molecule has 0 fully saturated rings. The Hall–Kier alpha value is 0.210. The number of unbranched alkanes of at least 4 members (excludes halogenated alkanes) is 1. The molecule has 0 aromatic heterocycles. The van der Waals surface area contributed by atoms with Crippen molar-refractivity contribution in [2.75, 3.05) is 25.6 Å². The van der Waals surface area contributed by atoms with Crippen LogP contribution in [0.1, 0.15) is 33.6 Å². The second-order valence-corrected chi connectivity index (χ2v) is 4.18. The zero-order chi connectivity index (χ0) is 10.2. The summed E-state index contributed by atoms with van der Waals surface area (Å²) in [6.07, 6.45) is 2.35. The Bertz CT molecular complexity index is 117. The van der Waals surface area contributed by atoms with Crippen LogP contribution in [0.3, 0.4) is 0 Å². The zero-order valence-electron chi connectivity index (χ0n) is 9.03. The molecule has 0 aliphatic carbocycles. The third-order valence-corrected chi connectivity index (χ3v) is 2.49. The van der Waals surface area contributed by atoms with Crippen molar-refractivity contribution in [3.05, 3.63) is 0 Å². The Balaban J connectivity index is 3.16. The van der Waals surface area contributed by atoms with Crippen LogP contribution in [0.4, 0.5) is 0 Å². The maximum atomic E-state index is 5.75. The summed E-state index contributed by atoms with van der Waals surface area (Å²) in [5.74, 6) is 0.627. The Kier molecular flexibility index (Phi) is 7.72. The van der Waals surface area contributed by atoms with Gasteiger partial charge in [-0.2, -0.15) is 0 Å². The minimum absolute atomic E-state index is 0.0235. The first-order chi connectivity index (χ1) is 6.12. The van der Waals surface area contributed by atoms with Gasteiger partial charge in [-0.15, -0.1) is 11.6 Å². The monoisotopic (exact) mass is 207 g/mol. The molecule has 0 saturated carbocycles. The molecular formula is C10H22ClNO. The molecular weight excluding hydrogens is 186 g/mol. The van der Waals surface area contributed by atoms with Crippen LogP contribution in [0.5, 0.6) is 0 Å². The molecule has 1 N–H and O–H groups in total. The average Bonchev–Trinajstić information content (AvgIpc) is 2.11. The standard InChI is InChI=1S/C10H22ClNO/c1-4-5-7-13-8-6-12-10(2,3)9-11/h12H,4-9H2,1-3H3. The summed E-state index contributed by atoms with van der Waals surface area (Å²) >= 11 is 5.75. The molecule has 0 unspecified atom stereocenters. The second kappa shape index (κ2) is 7.60. The molecule has 0 spiro atoms. The molecule has 0 bridgehead atoms. The van der Waals surface area contributed by atoms with Crippen molar-refractivity contribution in [3.63, 3.8) is 0 Å². The normalized spacial score (nSPS) is 12.0. The number of hydrogen-bond donors (Lipinski definition) is 1. The first kappa shape index (κ1) is 13.2. The van der Waals surface area contributed by atoms with Gasteiger partial charge in [-0.25, -0.2) is 0 Å². The fourth-order valence-electron chi connectivity index (χ4n) is 0.857. The van der Waals surface area contributed by atoms with E-state index in [4.69, 9.17) is 16.3 Å². The summed E-state index contributed by atoms with van der Waals surface area (Å²) in [6.45, 7) is 8.87. The number of nitrogens with one attached hydrogen (secondary N) is 1. The molecule has 2 nitrogen and oxygen atoms in total. The molecule has 0 aliphatic rings. The van der Waals surface area contributed by atoms with E-state index in [0.717, 1.165) is 26.2 Å². The maximum Gasteiger partial charge on any atom is 0.0591 e. The van der Waals surface area contributed by atoms with Gasteiger partial charge in [0.25, 0.3) is 0 Å². The highest BCUT2D eigenvalue weighted by Crippen LogP contribution is 2.03. The van der Waals surface area contributed by atoms with E-state index in [0.29, 0.717) is 5.88 Å². The molecule has 0 aromatic carbocycles. The number of halogens is 1. The van der Waals surface area contributed by atoms with Crippen molar-refractivity contribution in [1.82, 2.24) is 5.32 Å². The quantitative estimate of drug-likeness (QED) is 0.488. The van der Waals surface area contributed by atoms with E-state index in [2.05, 4.69) is 26.1 Å². The molecule has 13 heavy (non-hydrogen) atoms. The van der Waals surface area contributed by atoms with Gasteiger partial charge < -0.3 is 10.1 Å². The fourth-order valence-corrected chi connectivity index (χ4v) is 0.952. The molecule has 0 saturated heterocycles. The largest absolute Gasteiger partial charge is 0.380 e. The van der Waals surface area contributed by atoms with Crippen LogP contribution in [-0.2, 0) is 4.74 Å². The van der Waals surface area contributed by atoms with Crippen molar-refractivity contribution in [2.45, 2.75) is 39.2 Å². The molecule has 0 rings (SSSR count). The molecule has 80 valence electrons. The Morgan fingerprint density at radius 1 is 1.31 bits per heavy atom. The lowest BCUT2D eigenvalue weighted by molar-refractivity contribution is 0.128. The Labute approximate surface area is 87.0 Å². The number of alkyl halides is 1. The van der Waals surface area contributed by atoms with Gasteiger partial charge in [-0.05, 0) is 20.3 Å². The highest BCUT2D eigenvalue weighted by Gasteiger charge is 2.13. The minimum Gasteiger partial charge on any atom is -0.380 e. The number of rotatable bonds is 8. The lowest BCUT2D eigenvalue weighted by Gasteiger charge is -2.23. The third-order valence-electron chi connectivity index (χ3n) is 1.83. The van der Waals surface area contributed by atoms with E-state index in [1.807, 2.05) is 0 Å². The highest BCUT2D eigenvalue weighted by atomic mass is 35.5. The second-order valence-electron chi connectivity index (χ2n) is 3.91. The number of hydrogen-bond acceptors (Lipinski definition) is 2. The predicted octanol–water partition coefficient (Wildman–Crippen LogP) is 2.41. The van der Waals surface area contributed by atoms with Crippen LogP contribution in [0.25, 0.3) is 0 Å². The molecule has 0 heterocycles. The highest BCUT2D eigenvalue weighted by molar-refractivity contribution is 6.18. The average molecular weight is 208 g/mol. The van der Waals surface area contributed by atoms with Crippen LogP contribution in [0.2, 0.25) is 0 Å². The van der Waals surface area contributed by atoms with Crippen molar-refractivity contribution >= 4 is 11.6 Å². The van der Waals surface area contributed by atoms with Gasteiger partial charge in [0, 0.05) is 24.6 Å². The number of ether oxygens (including phenoxy) is 1. The molecule has 0 amide bonds. The SMILES string of the molecule is CCCCOCCNC(C)(C)CCl. The van der Waals surface area contributed by atoms with Crippen molar-refractivity contribution in [2.24, 2.45) is 0 Å². The van der Waals surface area contributed by atoms with E-state index < -0.39 is 0 Å². The first-order valence-corrected chi connectivity index (χ1v) is 5.54. The predicted molar refractivity (Wildman–Crippen MR) is 58.5 cm³/mol. The molecule has 0 radical (unpaired) electrons. The minimum atomic E-state index is 0.0235. The lowest BCUT2D eigenvalue weighted by atomic mass is 10.1. The van der Waals surface area contributed by atoms with E-state index >= 15 is 0 Å². The van der Waals surface area contributed by atoms with Crippen LogP contribution < -0.4 is 5.32 Å². The van der Waals surface area contributed by atoms with Crippen LogP contribution >= 0.6 is 11.6 Å². The van der Waals surface area contributed by atoms with Gasteiger partial charge in [-0.3, -0.25) is 0 Å².